The summed E-state index contributed by atoms with van der Waals surface area (Å²) in [6, 6.07) is 9.83. The molecule has 19 heavy (non-hydrogen) atoms. The second-order valence-corrected chi connectivity index (χ2v) is 5.58. The van der Waals surface area contributed by atoms with Crippen LogP contribution in [0.3, 0.4) is 0 Å². The van der Waals surface area contributed by atoms with Crippen LogP contribution >= 0.6 is 11.3 Å². The SMILES string of the molecule is Cc1cccc(C)c1NC(=O)NC(C)c1cccs1. The number of benzene rings is 1. The molecule has 0 aliphatic carbocycles. The molecule has 2 N–H and O–H groups in total. The van der Waals surface area contributed by atoms with Crippen LogP contribution in [0.15, 0.2) is 35.7 Å². The summed E-state index contributed by atoms with van der Waals surface area (Å²) in [6.07, 6.45) is 0. The summed E-state index contributed by atoms with van der Waals surface area (Å²) < 4.78 is 0. The van der Waals surface area contributed by atoms with E-state index in [0.717, 1.165) is 21.7 Å². The molecule has 1 aromatic heterocycles. The summed E-state index contributed by atoms with van der Waals surface area (Å²) >= 11 is 1.64. The molecule has 2 amide bonds. The predicted molar refractivity (Wildman–Crippen MR) is 80.8 cm³/mol. The number of carbonyl (C=O) groups excluding carboxylic acids is 1. The normalized spacial score (nSPS) is 11.9. The Bertz CT molecular complexity index is 543. The second kappa shape index (κ2) is 5.89. The molecule has 2 rings (SSSR count). The largest absolute Gasteiger partial charge is 0.331 e. The number of carbonyl (C=O) groups is 1. The maximum absolute atomic E-state index is 12.0. The molecule has 1 aromatic carbocycles. The van der Waals surface area contributed by atoms with Crippen molar-refractivity contribution in [2.24, 2.45) is 0 Å². The number of aryl methyl sites for hydroxylation is 2. The first kappa shape index (κ1) is 13.6. The van der Waals surface area contributed by atoms with Gasteiger partial charge in [-0.15, -0.1) is 11.3 Å². The Labute approximate surface area is 117 Å². The third-order valence-corrected chi connectivity index (χ3v) is 4.09. The van der Waals surface area contributed by atoms with Gasteiger partial charge in [0.05, 0.1) is 6.04 Å². The van der Waals surface area contributed by atoms with Crippen LogP contribution in [0.4, 0.5) is 10.5 Å². The van der Waals surface area contributed by atoms with Crippen molar-refractivity contribution >= 4 is 23.1 Å². The quantitative estimate of drug-likeness (QED) is 0.863. The van der Waals surface area contributed by atoms with Gasteiger partial charge in [0.2, 0.25) is 0 Å². The van der Waals surface area contributed by atoms with Gasteiger partial charge in [0.25, 0.3) is 0 Å². The Balaban J connectivity index is 2.02. The van der Waals surface area contributed by atoms with E-state index in [2.05, 4.69) is 10.6 Å². The Hall–Kier alpha value is -1.81. The molecule has 1 unspecified atom stereocenters. The van der Waals surface area contributed by atoms with E-state index in [1.54, 1.807) is 11.3 Å². The van der Waals surface area contributed by atoms with E-state index in [-0.39, 0.29) is 12.1 Å². The second-order valence-electron chi connectivity index (χ2n) is 4.60. The summed E-state index contributed by atoms with van der Waals surface area (Å²) in [4.78, 5) is 13.2. The first-order valence-electron chi connectivity index (χ1n) is 6.25. The molecule has 100 valence electrons. The van der Waals surface area contributed by atoms with Crippen LogP contribution < -0.4 is 10.6 Å². The van der Waals surface area contributed by atoms with Crippen molar-refractivity contribution in [3.05, 3.63) is 51.7 Å². The van der Waals surface area contributed by atoms with Gasteiger partial charge in [-0.2, -0.15) is 0 Å². The zero-order valence-electron chi connectivity index (χ0n) is 11.4. The molecular weight excluding hydrogens is 256 g/mol. The highest BCUT2D eigenvalue weighted by atomic mass is 32.1. The van der Waals surface area contributed by atoms with Crippen LogP contribution in [-0.2, 0) is 0 Å². The minimum Gasteiger partial charge on any atom is -0.331 e. The summed E-state index contributed by atoms with van der Waals surface area (Å²) in [5, 5.41) is 7.88. The molecule has 0 aliphatic heterocycles. The molecular formula is C15H18N2OS. The van der Waals surface area contributed by atoms with E-state index in [9.17, 15) is 4.79 Å². The Morgan fingerprint density at radius 1 is 1.16 bits per heavy atom. The average molecular weight is 274 g/mol. The monoisotopic (exact) mass is 274 g/mol. The van der Waals surface area contributed by atoms with E-state index in [4.69, 9.17) is 0 Å². The summed E-state index contributed by atoms with van der Waals surface area (Å²) in [6.45, 7) is 5.97. The summed E-state index contributed by atoms with van der Waals surface area (Å²) in [5.41, 5.74) is 3.02. The topological polar surface area (TPSA) is 41.1 Å². The lowest BCUT2D eigenvalue weighted by molar-refractivity contribution is 0.249. The molecule has 0 saturated carbocycles. The van der Waals surface area contributed by atoms with Crippen molar-refractivity contribution in [1.29, 1.82) is 0 Å². The third-order valence-electron chi connectivity index (χ3n) is 3.04. The highest BCUT2D eigenvalue weighted by molar-refractivity contribution is 7.10. The molecule has 3 nitrogen and oxygen atoms in total. The van der Waals surface area contributed by atoms with Crippen LogP contribution in [0.1, 0.15) is 29.0 Å². The fourth-order valence-corrected chi connectivity index (χ4v) is 2.70. The van der Waals surface area contributed by atoms with Crippen molar-refractivity contribution in [3.8, 4) is 0 Å². The van der Waals surface area contributed by atoms with Crippen molar-refractivity contribution < 1.29 is 4.79 Å². The van der Waals surface area contributed by atoms with Crippen molar-refractivity contribution in [1.82, 2.24) is 5.32 Å². The van der Waals surface area contributed by atoms with E-state index >= 15 is 0 Å². The van der Waals surface area contributed by atoms with E-state index in [0.29, 0.717) is 0 Å². The maximum Gasteiger partial charge on any atom is 0.319 e. The van der Waals surface area contributed by atoms with Gasteiger partial charge in [-0.3, -0.25) is 0 Å². The first-order valence-corrected chi connectivity index (χ1v) is 7.13. The zero-order chi connectivity index (χ0) is 13.8. The maximum atomic E-state index is 12.0. The lowest BCUT2D eigenvalue weighted by Gasteiger charge is -2.15. The summed E-state index contributed by atoms with van der Waals surface area (Å²) in [7, 11) is 0. The molecule has 0 saturated heterocycles. The highest BCUT2D eigenvalue weighted by Gasteiger charge is 2.11. The minimum absolute atomic E-state index is 0.0179. The van der Waals surface area contributed by atoms with Gasteiger partial charge in [-0.05, 0) is 43.3 Å². The Morgan fingerprint density at radius 3 is 2.42 bits per heavy atom. The minimum atomic E-state index is -0.168. The van der Waals surface area contributed by atoms with Gasteiger partial charge in [-0.1, -0.05) is 24.3 Å². The lowest BCUT2D eigenvalue weighted by atomic mass is 10.1. The van der Waals surface area contributed by atoms with Crippen LogP contribution in [0.2, 0.25) is 0 Å². The molecule has 0 fully saturated rings. The fourth-order valence-electron chi connectivity index (χ4n) is 1.97. The Kier molecular flexibility index (Phi) is 4.22. The van der Waals surface area contributed by atoms with Crippen LogP contribution in [0.25, 0.3) is 0 Å². The average Bonchev–Trinajstić information content (AvgIpc) is 2.88. The van der Waals surface area contributed by atoms with Crippen LogP contribution in [0.5, 0.6) is 0 Å². The first-order chi connectivity index (χ1) is 9.08. The number of para-hydroxylation sites is 1. The number of rotatable bonds is 3. The molecule has 1 atom stereocenters. The molecule has 4 heteroatoms. The number of thiophene rings is 1. The number of hydrogen-bond donors (Lipinski definition) is 2. The Morgan fingerprint density at radius 2 is 1.84 bits per heavy atom. The smallest absolute Gasteiger partial charge is 0.319 e. The van der Waals surface area contributed by atoms with Gasteiger partial charge in [0, 0.05) is 10.6 Å². The van der Waals surface area contributed by atoms with Crippen LogP contribution in [0, 0.1) is 13.8 Å². The molecule has 0 radical (unpaired) electrons. The number of amides is 2. The molecule has 0 aliphatic rings. The number of anilines is 1. The molecule has 1 heterocycles. The van der Waals surface area contributed by atoms with E-state index < -0.39 is 0 Å². The number of nitrogens with one attached hydrogen (secondary N) is 2. The van der Waals surface area contributed by atoms with E-state index in [1.807, 2.05) is 56.5 Å². The van der Waals surface area contributed by atoms with Crippen molar-refractivity contribution in [2.45, 2.75) is 26.8 Å². The van der Waals surface area contributed by atoms with Gasteiger partial charge in [0.1, 0.15) is 0 Å². The van der Waals surface area contributed by atoms with Crippen molar-refractivity contribution in [3.63, 3.8) is 0 Å². The highest BCUT2D eigenvalue weighted by Crippen LogP contribution is 2.21. The lowest BCUT2D eigenvalue weighted by Crippen LogP contribution is -2.31. The standard InChI is InChI=1S/C15H18N2OS/c1-10-6-4-7-11(2)14(10)17-15(18)16-12(3)13-8-5-9-19-13/h4-9,12H,1-3H3,(H2,16,17,18). The predicted octanol–water partition coefficient (Wildman–Crippen LogP) is 4.25. The third kappa shape index (κ3) is 3.35. The van der Waals surface area contributed by atoms with Gasteiger partial charge in [0.15, 0.2) is 0 Å². The molecule has 2 aromatic rings. The number of hydrogen-bond acceptors (Lipinski definition) is 2. The summed E-state index contributed by atoms with van der Waals surface area (Å²) in [5.74, 6) is 0. The van der Waals surface area contributed by atoms with Gasteiger partial charge >= 0.3 is 6.03 Å². The van der Waals surface area contributed by atoms with E-state index in [1.165, 1.54) is 0 Å². The molecule has 0 bridgehead atoms. The fraction of sp³-hybridized carbons (Fsp3) is 0.267. The number of urea groups is 1. The van der Waals surface area contributed by atoms with Crippen molar-refractivity contribution in [2.75, 3.05) is 5.32 Å². The van der Waals surface area contributed by atoms with Gasteiger partial charge < -0.3 is 10.6 Å². The van der Waals surface area contributed by atoms with Crippen LogP contribution in [-0.4, -0.2) is 6.03 Å². The van der Waals surface area contributed by atoms with Gasteiger partial charge in [-0.25, -0.2) is 4.79 Å². The molecule has 0 spiro atoms. The zero-order valence-corrected chi connectivity index (χ0v) is 12.2.